The Hall–Kier alpha value is 0.130. The summed E-state index contributed by atoms with van der Waals surface area (Å²) >= 11 is -0.673. The van der Waals surface area contributed by atoms with Crippen LogP contribution in [0.3, 0.4) is 0 Å². The topological polar surface area (TPSA) is 26.3 Å². The van der Waals surface area contributed by atoms with E-state index in [4.69, 9.17) is 0 Å². The van der Waals surface area contributed by atoms with Crippen LogP contribution in [0.1, 0.15) is 0 Å². The van der Waals surface area contributed by atoms with Crippen molar-refractivity contribution in [2.45, 2.75) is 6.18 Å². The van der Waals surface area contributed by atoms with Crippen molar-refractivity contribution in [1.29, 1.82) is 0 Å². The monoisotopic (exact) mass is 230 g/mol. The van der Waals surface area contributed by atoms with Gasteiger partial charge in [0.05, 0.1) is 0 Å². The molecule has 46 valence electrons. The number of hydrogen-bond donors (Lipinski definition) is 0. The van der Waals surface area contributed by atoms with Crippen LogP contribution in [-0.2, 0) is 7.65 Å². The summed E-state index contributed by atoms with van der Waals surface area (Å²) in [4.78, 5) is 9.54. The van der Waals surface area contributed by atoms with Gasteiger partial charge in [-0.1, -0.05) is 0 Å². The fourth-order valence-corrected chi connectivity index (χ4v) is 0.776. The van der Waals surface area contributed by atoms with E-state index >= 15 is 0 Å². The predicted molar refractivity (Wildman–Crippen MR) is 20.7 cm³/mol. The molecule has 8 heavy (non-hydrogen) atoms. The van der Waals surface area contributed by atoms with Crippen LogP contribution in [0.5, 0.6) is 0 Å². The maximum absolute atomic E-state index is 11.0. The van der Waals surface area contributed by atoms with Crippen LogP contribution in [0.4, 0.5) is 13.2 Å². The van der Waals surface area contributed by atoms with Gasteiger partial charge in [-0.15, -0.1) is 0 Å². The molecule has 0 aliphatic carbocycles. The molecule has 0 aliphatic heterocycles. The van der Waals surface area contributed by atoms with Crippen LogP contribution in [0.15, 0.2) is 0 Å². The summed E-state index contributed by atoms with van der Waals surface area (Å²) in [5.41, 5.74) is 0. The zero-order valence-electron chi connectivity index (χ0n) is 3.95. The van der Waals surface area contributed by atoms with Gasteiger partial charge in [-0.2, -0.15) is 0 Å². The Morgan fingerprint density at radius 2 is 1.88 bits per heavy atom. The fourth-order valence-electron chi connectivity index (χ4n) is 0.116. The Bertz CT molecular complexity index is 97.9. The zero-order valence-corrected chi connectivity index (χ0v) is 9.66. The Balaban J connectivity index is 3.82. The van der Waals surface area contributed by atoms with E-state index in [1.165, 1.54) is 0 Å². The van der Waals surface area contributed by atoms with E-state index < -0.39 is 37.0 Å². The van der Waals surface area contributed by atoms with Crippen molar-refractivity contribution in [3.63, 3.8) is 0 Å². The Kier molecular flexibility index (Phi) is 2.65. The van der Waals surface area contributed by atoms with Gasteiger partial charge in [0.15, 0.2) is 0 Å². The van der Waals surface area contributed by atoms with E-state index in [0.29, 0.717) is 0 Å². The van der Waals surface area contributed by atoms with Gasteiger partial charge in [0.2, 0.25) is 0 Å². The molecule has 0 saturated carbocycles. The molecule has 0 atom stereocenters. The number of rotatable bonds is 0. The van der Waals surface area contributed by atoms with Gasteiger partial charge in [0.1, 0.15) is 0 Å². The molecule has 0 radical (unpaired) electrons. The molecule has 0 unspecified atom stereocenters. The fraction of sp³-hybridized carbons (Fsp3) is 0.500. The number of alkyl halides is 3. The third-order valence-electron chi connectivity index (χ3n) is 0.417. The molecule has 0 spiro atoms. The van der Waals surface area contributed by atoms with Gasteiger partial charge < -0.3 is 0 Å². The summed E-state index contributed by atoms with van der Waals surface area (Å²) in [6, 6.07) is 0. The molecule has 0 rings (SSSR count). The molecule has 0 N–H and O–H groups in total. The molecule has 0 fully saturated rings. The number of carbonyl (C=O) groups excluding carboxylic acids is 1. The zero-order chi connectivity index (χ0) is 6.78. The van der Waals surface area contributed by atoms with Crippen LogP contribution in [0.25, 0.3) is 0 Å². The summed E-state index contributed by atoms with van der Waals surface area (Å²) in [5, 5.41) is 0. The molecule has 0 saturated heterocycles. The Morgan fingerprint density at radius 1 is 1.50 bits per heavy atom. The van der Waals surface area contributed by atoms with Crippen LogP contribution in [0, 0.1) is 0 Å². The van der Waals surface area contributed by atoms with Gasteiger partial charge in [0, 0.05) is 0 Å². The van der Waals surface area contributed by atoms with Crippen LogP contribution >= 0.6 is 0 Å². The first-order valence-electron chi connectivity index (χ1n) is 1.63. The quantitative estimate of drug-likeness (QED) is 0.567. The van der Waals surface area contributed by atoms with Gasteiger partial charge in [-0.05, 0) is 0 Å². The van der Waals surface area contributed by atoms with E-state index in [-0.39, 0.29) is 0 Å². The average Bonchev–Trinajstić information content (AvgIpc) is 1.62. The van der Waals surface area contributed by atoms with Crippen molar-refractivity contribution in [1.82, 2.24) is 0 Å². The van der Waals surface area contributed by atoms with Crippen LogP contribution in [-0.4, -0.2) is 37.0 Å². The minimum atomic E-state index is -4.80. The van der Waals surface area contributed by atoms with E-state index in [1.54, 1.807) is 0 Å². The molecule has 0 amide bonds. The van der Waals surface area contributed by atoms with Crippen molar-refractivity contribution in [2.75, 3.05) is 0 Å². The van der Waals surface area contributed by atoms with Crippen LogP contribution in [0.2, 0.25) is 0 Å². The molecule has 0 heterocycles. The van der Waals surface area contributed by atoms with Gasteiger partial charge in [-0.3, -0.25) is 0 Å². The van der Waals surface area contributed by atoms with Gasteiger partial charge >= 0.3 is 57.8 Å². The first-order valence-corrected chi connectivity index (χ1v) is 3.96. The molecular weight excluding hydrogens is 228 g/mol. The molecule has 0 aromatic carbocycles. The predicted octanol–water partition coefficient (Wildman–Crippen LogP) is -0.360. The van der Waals surface area contributed by atoms with Crippen molar-refractivity contribution in [3.8, 4) is 0 Å². The van der Waals surface area contributed by atoms with E-state index in [0.717, 1.165) is 0 Å². The van der Waals surface area contributed by atoms with Crippen molar-refractivity contribution in [2.24, 2.45) is 0 Å². The molecule has 2 nitrogen and oxygen atoms in total. The van der Waals surface area contributed by atoms with Gasteiger partial charge in [-0.25, -0.2) is 0 Å². The number of halogens is 3. The Labute approximate surface area is 58.2 Å². The summed E-state index contributed by atoms with van der Waals surface area (Å²) in [7, 11) is 0. The first kappa shape index (κ1) is 8.13. The summed E-state index contributed by atoms with van der Waals surface area (Å²) in [6.07, 6.45) is -4.80. The maximum atomic E-state index is 11.0. The third-order valence-corrected chi connectivity index (χ3v) is 1.48. The molecule has 0 aliphatic rings. The molecule has 0 aromatic heterocycles. The second-order valence-corrected chi connectivity index (χ2v) is 2.15. The van der Waals surface area contributed by atoms with E-state index in [1.807, 2.05) is 0 Å². The standard InChI is InChI=1S/C2HF3O2.In.2H/c3-2(4,5)1(6)7;;;/h(H,6,7);;;/q;+1;;/p-1. The SMILES string of the molecule is O=C([O][InH2])C(F)(F)F. The first-order chi connectivity index (χ1) is 3.48. The summed E-state index contributed by atoms with van der Waals surface area (Å²) < 4.78 is 36.6. The summed E-state index contributed by atoms with van der Waals surface area (Å²) in [6.45, 7) is 0. The van der Waals surface area contributed by atoms with Crippen molar-refractivity contribution in [3.05, 3.63) is 0 Å². The van der Waals surface area contributed by atoms with E-state index in [2.05, 4.69) is 2.85 Å². The minimum absolute atomic E-state index is 0.673. The third kappa shape index (κ3) is 2.44. The molecule has 0 bridgehead atoms. The molecular formula is C2H2F3InO2. The second kappa shape index (κ2) is 2.61. The molecule has 6 heteroatoms. The normalized spacial score (nSPS) is 10.9. The van der Waals surface area contributed by atoms with Crippen molar-refractivity contribution < 1.29 is 20.8 Å². The number of hydrogen-bond acceptors (Lipinski definition) is 2. The van der Waals surface area contributed by atoms with E-state index in [9.17, 15) is 18.0 Å². The van der Waals surface area contributed by atoms with Gasteiger partial charge in [0.25, 0.3) is 0 Å². The number of carbonyl (C=O) groups is 1. The Morgan fingerprint density at radius 3 is 1.88 bits per heavy atom. The summed E-state index contributed by atoms with van der Waals surface area (Å²) in [5.74, 6) is -2.08. The average molecular weight is 230 g/mol. The van der Waals surface area contributed by atoms with Crippen LogP contribution < -0.4 is 0 Å². The van der Waals surface area contributed by atoms with Crippen molar-refractivity contribution >= 4 is 30.8 Å². The molecule has 0 aromatic rings. The second-order valence-electron chi connectivity index (χ2n) is 0.989.